The van der Waals surface area contributed by atoms with Crippen LogP contribution >= 0.6 is 0 Å². The van der Waals surface area contributed by atoms with Gasteiger partial charge in [-0.1, -0.05) is 63.7 Å². The lowest BCUT2D eigenvalue weighted by atomic mass is 11.3. The summed E-state index contributed by atoms with van der Waals surface area (Å²) in [4.78, 5) is 0. The van der Waals surface area contributed by atoms with Crippen LogP contribution in [0, 0.1) is 0 Å². The van der Waals surface area contributed by atoms with Crippen molar-refractivity contribution in [1.29, 1.82) is 0 Å². The van der Waals surface area contributed by atoms with Gasteiger partial charge in [0.2, 0.25) is 0 Å². The third-order valence-corrected chi connectivity index (χ3v) is 35.0. The van der Waals surface area contributed by atoms with Crippen molar-refractivity contribution in [3.05, 3.63) is 24.6 Å². The zero-order chi connectivity index (χ0) is 14.8. The number of rotatable bonds is 7. The first-order chi connectivity index (χ1) is 7.79. The second kappa shape index (κ2) is 5.77. The molecule has 0 rings (SSSR count). The van der Waals surface area contributed by atoms with Gasteiger partial charge in [0.25, 0.3) is 0 Å². The zero-order valence-electron chi connectivity index (χ0n) is 14.0. The zero-order valence-corrected chi connectivity index (χ0v) is 18.0. The molecular weight excluding hydrogens is 280 g/mol. The molecule has 2 unspecified atom stereocenters. The molecule has 0 aliphatic carbocycles. The van der Waals surface area contributed by atoms with Gasteiger partial charge in [-0.3, -0.25) is 0 Å². The Morgan fingerprint density at radius 3 is 0.944 bits per heavy atom. The van der Waals surface area contributed by atoms with Crippen LogP contribution in [-0.4, -0.2) is 31.3 Å². The van der Waals surface area contributed by atoms with E-state index in [4.69, 9.17) is 0 Å². The average molecular weight is 315 g/mol. The molecule has 0 saturated carbocycles. The minimum atomic E-state index is -1.34. The van der Waals surface area contributed by atoms with Crippen LogP contribution in [0.4, 0.5) is 0 Å². The topological polar surface area (TPSA) is 0 Å². The van der Waals surface area contributed by atoms with Crippen molar-refractivity contribution in [2.75, 3.05) is 0 Å². The summed E-state index contributed by atoms with van der Waals surface area (Å²) >= 11 is 0. The maximum atomic E-state index is 4.25. The molecule has 0 nitrogen and oxygen atoms in total. The highest BCUT2D eigenvalue weighted by Crippen LogP contribution is 2.35. The van der Waals surface area contributed by atoms with Gasteiger partial charge in [0.05, 0.1) is 15.2 Å². The second-order valence-corrected chi connectivity index (χ2v) is 35.1. The summed E-state index contributed by atoms with van der Waals surface area (Å²) in [5.74, 6) is 0. The Hall–Kier alpha value is 0.348. The first-order valence-corrected chi connectivity index (χ1v) is 21.0. The summed E-state index contributed by atoms with van der Waals surface area (Å²) in [5.41, 5.74) is 7.78. The fourth-order valence-electron chi connectivity index (χ4n) is 3.22. The van der Waals surface area contributed by atoms with Gasteiger partial charge in [-0.25, -0.2) is 0 Å². The lowest BCUT2D eigenvalue weighted by Crippen LogP contribution is -2.62. The Balaban J connectivity index is 5.44. The van der Waals surface area contributed by atoms with Crippen LogP contribution in [0.3, 0.4) is 0 Å². The van der Waals surface area contributed by atoms with E-state index in [-0.39, 0.29) is 0 Å². The molecule has 0 amide bonds. The lowest BCUT2D eigenvalue weighted by Gasteiger charge is -2.45. The lowest BCUT2D eigenvalue weighted by molar-refractivity contribution is 1.53. The van der Waals surface area contributed by atoms with Crippen LogP contribution in [0.2, 0.25) is 63.7 Å². The van der Waals surface area contributed by atoms with Gasteiger partial charge in [-0.05, 0) is 0 Å². The number of hydrogen-bond acceptors (Lipinski definition) is 0. The van der Waals surface area contributed by atoms with Gasteiger partial charge in [-0.15, -0.1) is 24.6 Å². The summed E-state index contributed by atoms with van der Waals surface area (Å²) in [7, 11) is -4.73. The standard InChI is InChI=1S/C14H34Si4/c1-11-17(9,13-15(3,4)5)18(10,12-2)14-16(6,7)8/h11-12H,1-2,13-14H2,3-10H3. The van der Waals surface area contributed by atoms with E-state index in [0.29, 0.717) is 0 Å². The molecule has 0 fully saturated rings. The van der Waals surface area contributed by atoms with Gasteiger partial charge < -0.3 is 0 Å². The van der Waals surface area contributed by atoms with Crippen LogP contribution in [0.25, 0.3) is 0 Å². The Morgan fingerprint density at radius 1 is 0.611 bits per heavy atom. The van der Waals surface area contributed by atoms with E-state index >= 15 is 0 Å². The molecule has 0 aromatic rings. The molecule has 0 aromatic carbocycles. The van der Waals surface area contributed by atoms with Crippen molar-refractivity contribution in [3.63, 3.8) is 0 Å². The van der Waals surface area contributed by atoms with Crippen molar-refractivity contribution in [1.82, 2.24) is 0 Å². The maximum absolute atomic E-state index is 4.25. The monoisotopic (exact) mass is 314 g/mol. The fraction of sp³-hybridized carbons (Fsp3) is 0.714. The molecule has 0 aromatic heterocycles. The highest BCUT2D eigenvalue weighted by Gasteiger charge is 2.47. The van der Waals surface area contributed by atoms with E-state index in [0.717, 1.165) is 0 Å². The summed E-state index contributed by atoms with van der Waals surface area (Å²) in [6.07, 6.45) is 0. The van der Waals surface area contributed by atoms with E-state index in [9.17, 15) is 0 Å². The smallest absolute Gasteiger partial charge is 0.0689 e. The minimum absolute atomic E-state index is 1.02. The van der Waals surface area contributed by atoms with E-state index in [1.165, 1.54) is 11.3 Å². The van der Waals surface area contributed by atoms with Gasteiger partial charge in [0, 0.05) is 16.1 Å². The number of hydrogen-bond donors (Lipinski definition) is 0. The van der Waals surface area contributed by atoms with Gasteiger partial charge >= 0.3 is 0 Å². The first kappa shape index (κ1) is 18.3. The van der Waals surface area contributed by atoms with Crippen LogP contribution in [0.1, 0.15) is 0 Å². The molecule has 2 atom stereocenters. The summed E-state index contributed by atoms with van der Waals surface area (Å²) in [6.45, 7) is 28.7. The van der Waals surface area contributed by atoms with E-state index in [2.05, 4.69) is 76.9 Å². The highest BCUT2D eigenvalue weighted by molar-refractivity contribution is 7.49. The molecule has 0 radical (unpaired) electrons. The Bertz CT molecular complexity index is 279. The minimum Gasteiger partial charge on any atom is -0.107 e. The van der Waals surface area contributed by atoms with E-state index < -0.39 is 31.3 Å². The van der Waals surface area contributed by atoms with Gasteiger partial charge in [-0.2, -0.15) is 0 Å². The molecule has 0 bridgehead atoms. The molecule has 18 heavy (non-hydrogen) atoms. The van der Waals surface area contributed by atoms with Crippen molar-refractivity contribution in [2.45, 2.75) is 63.7 Å². The molecule has 4 heteroatoms. The predicted molar refractivity (Wildman–Crippen MR) is 99.9 cm³/mol. The van der Waals surface area contributed by atoms with Crippen LogP contribution in [0.15, 0.2) is 24.6 Å². The highest BCUT2D eigenvalue weighted by atomic mass is 29.3. The van der Waals surface area contributed by atoms with Crippen molar-refractivity contribution in [2.24, 2.45) is 0 Å². The van der Waals surface area contributed by atoms with E-state index in [1.54, 1.807) is 0 Å². The van der Waals surface area contributed by atoms with Crippen LogP contribution in [-0.2, 0) is 0 Å². The molecule has 0 saturated heterocycles. The summed E-state index contributed by atoms with van der Waals surface area (Å²) < 4.78 is 0. The third kappa shape index (κ3) is 5.15. The Morgan fingerprint density at radius 2 is 0.833 bits per heavy atom. The quantitative estimate of drug-likeness (QED) is 0.550. The molecule has 0 spiro atoms. The average Bonchev–Trinajstić information content (AvgIpc) is 2.12. The second-order valence-electron chi connectivity index (χ2n) is 8.72. The third-order valence-electron chi connectivity index (χ3n) is 4.00. The van der Waals surface area contributed by atoms with Gasteiger partial charge in [0.15, 0.2) is 0 Å². The molecular formula is C14H34Si4. The summed E-state index contributed by atoms with van der Waals surface area (Å²) in [6, 6.07) is 0. The van der Waals surface area contributed by atoms with Crippen LogP contribution in [0.5, 0.6) is 0 Å². The maximum Gasteiger partial charge on any atom is 0.0689 e. The first-order valence-electron chi connectivity index (χ1n) is 7.06. The van der Waals surface area contributed by atoms with Gasteiger partial charge in [0.1, 0.15) is 0 Å². The molecule has 0 N–H and O–H groups in total. The summed E-state index contributed by atoms with van der Waals surface area (Å²) in [5, 5.41) is 0. The molecule has 0 aliphatic rings. The Labute approximate surface area is 119 Å². The SMILES string of the molecule is C=C[Si](C)(C[Si](C)(C)C)[Si](C)(C=C)C[Si](C)(C)C. The van der Waals surface area contributed by atoms with E-state index in [1.807, 2.05) is 0 Å². The molecule has 0 aliphatic heterocycles. The fourth-order valence-corrected chi connectivity index (χ4v) is 45.8. The predicted octanol–water partition coefficient (Wildman–Crippen LogP) is 5.43. The largest absolute Gasteiger partial charge is 0.107 e. The van der Waals surface area contributed by atoms with Crippen molar-refractivity contribution >= 4 is 31.3 Å². The normalized spacial score (nSPS) is 19.8. The molecule has 0 heterocycles. The van der Waals surface area contributed by atoms with Crippen molar-refractivity contribution < 1.29 is 0 Å². The van der Waals surface area contributed by atoms with Crippen molar-refractivity contribution in [3.8, 4) is 0 Å². The Kier molecular flexibility index (Phi) is 5.88. The molecule has 106 valence electrons. The van der Waals surface area contributed by atoms with Crippen LogP contribution < -0.4 is 0 Å².